The average molecular weight is 432 g/mol. The van der Waals surface area contributed by atoms with Crippen LogP contribution < -0.4 is 4.90 Å². The molecule has 0 radical (unpaired) electrons. The third-order valence-electron chi connectivity index (χ3n) is 5.47. The molecule has 0 amide bonds. The van der Waals surface area contributed by atoms with Gasteiger partial charge < -0.3 is 4.90 Å². The number of rotatable bonds is 5. The summed E-state index contributed by atoms with van der Waals surface area (Å²) in [5.41, 5.74) is 7.79. The number of hydrogen-bond acceptors (Lipinski definition) is 1. The number of halogens is 1. The highest BCUT2D eigenvalue weighted by Crippen LogP contribution is 2.39. The van der Waals surface area contributed by atoms with E-state index in [9.17, 15) is 0 Å². The monoisotopic (exact) mass is 431 g/mol. The van der Waals surface area contributed by atoms with E-state index in [2.05, 4.69) is 95.9 Å². The minimum Gasteiger partial charge on any atom is -0.310 e. The van der Waals surface area contributed by atoms with Gasteiger partial charge in [-0.3, -0.25) is 0 Å². The SMILES string of the molecule is Clc1cc(-c2ccccc2)cc(N(c2ccccc2)c2cccc(-c3ccccc3)c2)c1. The van der Waals surface area contributed by atoms with Crippen molar-refractivity contribution in [2.24, 2.45) is 0 Å². The fraction of sp³-hybridized carbons (Fsp3) is 0. The summed E-state index contributed by atoms with van der Waals surface area (Å²) in [6.07, 6.45) is 0. The van der Waals surface area contributed by atoms with E-state index in [4.69, 9.17) is 11.6 Å². The van der Waals surface area contributed by atoms with Gasteiger partial charge in [0.1, 0.15) is 0 Å². The first kappa shape index (κ1) is 20.1. The molecule has 0 unspecified atom stereocenters. The van der Waals surface area contributed by atoms with Crippen molar-refractivity contribution in [2.45, 2.75) is 0 Å². The number of para-hydroxylation sites is 1. The van der Waals surface area contributed by atoms with E-state index in [0.717, 1.165) is 28.2 Å². The number of hydrogen-bond donors (Lipinski definition) is 0. The molecular weight excluding hydrogens is 410 g/mol. The van der Waals surface area contributed by atoms with Crippen molar-refractivity contribution >= 4 is 28.7 Å². The van der Waals surface area contributed by atoms with E-state index in [-0.39, 0.29) is 0 Å². The van der Waals surface area contributed by atoms with Gasteiger partial charge in [0.05, 0.1) is 0 Å². The van der Waals surface area contributed by atoms with E-state index in [1.165, 1.54) is 11.1 Å². The van der Waals surface area contributed by atoms with Gasteiger partial charge in [-0.15, -0.1) is 0 Å². The van der Waals surface area contributed by atoms with Gasteiger partial charge in [0.15, 0.2) is 0 Å². The van der Waals surface area contributed by atoms with Crippen LogP contribution >= 0.6 is 11.6 Å². The summed E-state index contributed by atoms with van der Waals surface area (Å²) in [5.74, 6) is 0. The lowest BCUT2D eigenvalue weighted by molar-refractivity contribution is 1.28. The summed E-state index contributed by atoms with van der Waals surface area (Å²) in [4.78, 5) is 2.25. The molecule has 32 heavy (non-hydrogen) atoms. The van der Waals surface area contributed by atoms with E-state index < -0.39 is 0 Å². The molecule has 1 nitrogen and oxygen atoms in total. The van der Waals surface area contributed by atoms with E-state index in [1.54, 1.807) is 0 Å². The van der Waals surface area contributed by atoms with Crippen LogP contribution in [0.25, 0.3) is 22.3 Å². The maximum Gasteiger partial charge on any atom is 0.0482 e. The molecule has 0 aliphatic rings. The zero-order valence-electron chi connectivity index (χ0n) is 17.5. The number of nitrogens with zero attached hydrogens (tertiary/aromatic N) is 1. The molecule has 0 fully saturated rings. The van der Waals surface area contributed by atoms with Crippen molar-refractivity contribution in [3.8, 4) is 22.3 Å². The van der Waals surface area contributed by atoms with Crippen LogP contribution in [0.15, 0.2) is 133 Å². The van der Waals surface area contributed by atoms with Crippen molar-refractivity contribution in [1.82, 2.24) is 0 Å². The zero-order valence-corrected chi connectivity index (χ0v) is 18.3. The Bertz CT molecular complexity index is 1320. The predicted molar refractivity (Wildman–Crippen MR) is 137 cm³/mol. The standard InChI is InChI=1S/C30H22ClN/c31-27-19-26(24-13-6-2-7-14-24)21-30(22-27)32(28-16-8-3-9-17-28)29-18-10-15-25(20-29)23-11-4-1-5-12-23/h1-22H. The Morgan fingerprint density at radius 2 is 0.875 bits per heavy atom. The fourth-order valence-corrected chi connectivity index (χ4v) is 4.21. The van der Waals surface area contributed by atoms with Crippen molar-refractivity contribution in [2.75, 3.05) is 4.90 Å². The summed E-state index contributed by atoms with van der Waals surface area (Å²) in [7, 11) is 0. The Hall–Kier alpha value is -3.81. The van der Waals surface area contributed by atoms with Crippen LogP contribution in [0.1, 0.15) is 0 Å². The Labute approximate surface area is 194 Å². The van der Waals surface area contributed by atoms with Crippen LogP contribution in [0, 0.1) is 0 Å². The molecule has 0 aliphatic carbocycles. The molecular formula is C30H22ClN. The predicted octanol–water partition coefficient (Wildman–Crippen LogP) is 9.14. The lowest BCUT2D eigenvalue weighted by Crippen LogP contribution is -2.10. The molecule has 0 N–H and O–H groups in total. The van der Waals surface area contributed by atoms with Crippen molar-refractivity contribution in [3.05, 3.63) is 138 Å². The van der Waals surface area contributed by atoms with Crippen molar-refractivity contribution < 1.29 is 0 Å². The highest BCUT2D eigenvalue weighted by Gasteiger charge is 2.15. The van der Waals surface area contributed by atoms with Gasteiger partial charge >= 0.3 is 0 Å². The highest BCUT2D eigenvalue weighted by atomic mass is 35.5. The summed E-state index contributed by atoms with van der Waals surface area (Å²) < 4.78 is 0. The first-order valence-corrected chi connectivity index (χ1v) is 11.0. The lowest BCUT2D eigenvalue weighted by atomic mass is 10.0. The van der Waals surface area contributed by atoms with Crippen LogP contribution in [0.4, 0.5) is 17.1 Å². The van der Waals surface area contributed by atoms with Gasteiger partial charge in [0, 0.05) is 22.1 Å². The Morgan fingerprint density at radius 1 is 0.375 bits per heavy atom. The smallest absolute Gasteiger partial charge is 0.0482 e. The second-order valence-electron chi connectivity index (χ2n) is 7.65. The van der Waals surface area contributed by atoms with Crippen LogP contribution in [-0.4, -0.2) is 0 Å². The maximum absolute atomic E-state index is 6.62. The summed E-state index contributed by atoms with van der Waals surface area (Å²) in [6, 6.07) is 46.1. The van der Waals surface area contributed by atoms with Crippen LogP contribution in [0.5, 0.6) is 0 Å². The minimum absolute atomic E-state index is 0.710. The largest absolute Gasteiger partial charge is 0.310 e. The number of anilines is 3. The Balaban J connectivity index is 1.67. The second-order valence-corrected chi connectivity index (χ2v) is 8.09. The quantitative estimate of drug-likeness (QED) is 0.268. The molecule has 5 rings (SSSR count). The normalized spacial score (nSPS) is 10.7. The number of benzene rings is 5. The third kappa shape index (κ3) is 4.30. The molecule has 0 bridgehead atoms. The molecule has 154 valence electrons. The maximum atomic E-state index is 6.62. The van der Waals surface area contributed by atoms with Crippen LogP contribution in [0.3, 0.4) is 0 Å². The van der Waals surface area contributed by atoms with Gasteiger partial charge in [-0.1, -0.05) is 103 Å². The molecule has 2 heteroatoms. The van der Waals surface area contributed by atoms with E-state index in [0.29, 0.717) is 5.02 Å². The van der Waals surface area contributed by atoms with Crippen LogP contribution in [-0.2, 0) is 0 Å². The summed E-state index contributed by atoms with van der Waals surface area (Å²) in [5, 5.41) is 0.710. The molecule has 0 aromatic heterocycles. The molecule has 5 aromatic rings. The molecule has 5 aromatic carbocycles. The summed E-state index contributed by atoms with van der Waals surface area (Å²) in [6.45, 7) is 0. The topological polar surface area (TPSA) is 3.24 Å². The van der Waals surface area contributed by atoms with E-state index in [1.807, 2.05) is 42.5 Å². The van der Waals surface area contributed by atoms with Gasteiger partial charge in [0.25, 0.3) is 0 Å². The first-order chi connectivity index (χ1) is 15.8. The molecule has 0 atom stereocenters. The summed E-state index contributed by atoms with van der Waals surface area (Å²) >= 11 is 6.62. The third-order valence-corrected chi connectivity index (χ3v) is 5.69. The van der Waals surface area contributed by atoms with Crippen LogP contribution in [0.2, 0.25) is 5.02 Å². The Morgan fingerprint density at radius 3 is 1.53 bits per heavy atom. The molecule has 0 aliphatic heterocycles. The first-order valence-electron chi connectivity index (χ1n) is 10.6. The average Bonchev–Trinajstić information content (AvgIpc) is 2.86. The van der Waals surface area contributed by atoms with Crippen molar-refractivity contribution in [3.63, 3.8) is 0 Å². The highest BCUT2D eigenvalue weighted by molar-refractivity contribution is 6.31. The minimum atomic E-state index is 0.710. The second kappa shape index (κ2) is 9.13. The molecule has 0 heterocycles. The van der Waals surface area contributed by atoms with E-state index >= 15 is 0 Å². The zero-order chi connectivity index (χ0) is 21.8. The Kier molecular flexibility index (Phi) is 5.74. The molecule has 0 saturated carbocycles. The lowest BCUT2D eigenvalue weighted by Gasteiger charge is -2.26. The fourth-order valence-electron chi connectivity index (χ4n) is 3.98. The van der Waals surface area contributed by atoms with Crippen molar-refractivity contribution in [1.29, 1.82) is 0 Å². The van der Waals surface area contributed by atoms with Gasteiger partial charge in [-0.05, 0) is 64.7 Å². The van der Waals surface area contributed by atoms with Gasteiger partial charge in [-0.2, -0.15) is 0 Å². The molecule has 0 spiro atoms. The van der Waals surface area contributed by atoms with Gasteiger partial charge in [-0.25, -0.2) is 0 Å². The van der Waals surface area contributed by atoms with Gasteiger partial charge in [0.2, 0.25) is 0 Å². The molecule has 0 saturated heterocycles.